The van der Waals surface area contributed by atoms with Crippen molar-refractivity contribution < 1.29 is 0 Å². The van der Waals surface area contributed by atoms with Gasteiger partial charge in [-0.15, -0.1) is 11.3 Å². The van der Waals surface area contributed by atoms with Gasteiger partial charge in [-0.25, -0.2) is 4.98 Å². The zero-order valence-corrected chi connectivity index (χ0v) is 12.4. The van der Waals surface area contributed by atoms with E-state index in [1.807, 2.05) is 38.2 Å². The van der Waals surface area contributed by atoms with Crippen LogP contribution in [-0.2, 0) is 13.6 Å². The molecule has 0 aliphatic heterocycles. The summed E-state index contributed by atoms with van der Waals surface area (Å²) in [6, 6.07) is 0. The third-order valence-electron chi connectivity index (χ3n) is 2.89. The number of nitrogens with zero attached hydrogens (tertiary/aromatic N) is 4. The molecule has 2 aromatic rings. The van der Waals surface area contributed by atoms with Crippen molar-refractivity contribution in [1.29, 1.82) is 5.41 Å². The Bertz CT molecular complexity index is 612. The first-order chi connectivity index (χ1) is 8.90. The number of thiazole rings is 1. The van der Waals surface area contributed by atoms with Crippen LogP contribution in [0.25, 0.3) is 0 Å². The molecule has 102 valence electrons. The average molecular weight is 278 g/mol. The lowest BCUT2D eigenvalue weighted by atomic mass is 10.2. The van der Waals surface area contributed by atoms with Crippen molar-refractivity contribution >= 4 is 23.0 Å². The van der Waals surface area contributed by atoms with Crippen LogP contribution in [0.15, 0.2) is 5.38 Å². The summed E-state index contributed by atoms with van der Waals surface area (Å²) < 4.78 is 1.76. The Morgan fingerprint density at radius 1 is 1.53 bits per heavy atom. The summed E-state index contributed by atoms with van der Waals surface area (Å²) in [5.74, 6) is 0.887. The van der Waals surface area contributed by atoms with Crippen molar-refractivity contribution in [2.24, 2.45) is 12.8 Å². The second-order valence-corrected chi connectivity index (χ2v) is 5.60. The summed E-state index contributed by atoms with van der Waals surface area (Å²) in [6.07, 6.45) is 0. The van der Waals surface area contributed by atoms with Crippen LogP contribution in [0.5, 0.6) is 0 Å². The molecule has 0 radical (unpaired) electrons. The highest BCUT2D eigenvalue weighted by Crippen LogP contribution is 2.23. The molecule has 0 aliphatic carbocycles. The van der Waals surface area contributed by atoms with Gasteiger partial charge in [0.05, 0.1) is 28.5 Å². The van der Waals surface area contributed by atoms with Gasteiger partial charge in [-0.05, 0) is 13.8 Å². The Kier molecular flexibility index (Phi) is 3.57. The molecule has 19 heavy (non-hydrogen) atoms. The number of nitrogen functional groups attached to an aromatic ring is 1. The molecule has 3 N–H and O–H groups in total. The first kappa shape index (κ1) is 13.5. The van der Waals surface area contributed by atoms with Crippen LogP contribution in [0.3, 0.4) is 0 Å². The fourth-order valence-electron chi connectivity index (χ4n) is 2.20. The predicted octanol–water partition coefficient (Wildman–Crippen LogP) is 1.41. The highest BCUT2D eigenvalue weighted by atomic mass is 32.1. The SMILES string of the molecule is Cc1nc(CN(C)c2c(C(=N)N)c(C)nn2C)cs1. The highest BCUT2D eigenvalue weighted by Gasteiger charge is 2.19. The van der Waals surface area contributed by atoms with Gasteiger partial charge in [0.25, 0.3) is 0 Å². The number of anilines is 1. The molecule has 0 unspecified atom stereocenters. The van der Waals surface area contributed by atoms with Crippen molar-refractivity contribution in [2.75, 3.05) is 11.9 Å². The number of rotatable bonds is 4. The number of aromatic nitrogens is 3. The Labute approximate surface area is 116 Å². The summed E-state index contributed by atoms with van der Waals surface area (Å²) in [5.41, 5.74) is 8.13. The molecular formula is C12H18N6S. The number of nitrogens with one attached hydrogen (secondary N) is 1. The van der Waals surface area contributed by atoms with Gasteiger partial charge in [0.2, 0.25) is 0 Å². The predicted molar refractivity (Wildman–Crippen MR) is 77.9 cm³/mol. The lowest BCUT2D eigenvalue weighted by Crippen LogP contribution is -2.24. The Hall–Kier alpha value is -1.89. The summed E-state index contributed by atoms with van der Waals surface area (Å²) in [7, 11) is 3.81. The Morgan fingerprint density at radius 2 is 2.21 bits per heavy atom. The van der Waals surface area contributed by atoms with Crippen molar-refractivity contribution in [2.45, 2.75) is 20.4 Å². The van der Waals surface area contributed by atoms with Gasteiger partial charge in [-0.1, -0.05) is 0 Å². The molecule has 6 nitrogen and oxygen atoms in total. The molecule has 0 aliphatic rings. The van der Waals surface area contributed by atoms with E-state index in [-0.39, 0.29) is 5.84 Å². The van der Waals surface area contributed by atoms with Gasteiger partial charge < -0.3 is 10.6 Å². The van der Waals surface area contributed by atoms with Gasteiger partial charge in [0, 0.05) is 19.5 Å². The topological polar surface area (TPSA) is 83.8 Å². The maximum atomic E-state index is 7.69. The second-order valence-electron chi connectivity index (χ2n) is 4.54. The summed E-state index contributed by atoms with van der Waals surface area (Å²) in [4.78, 5) is 6.47. The molecule has 0 saturated heterocycles. The van der Waals surface area contributed by atoms with E-state index in [9.17, 15) is 0 Å². The van der Waals surface area contributed by atoms with Crippen molar-refractivity contribution in [3.8, 4) is 0 Å². The first-order valence-electron chi connectivity index (χ1n) is 5.90. The molecule has 2 rings (SSSR count). The minimum atomic E-state index is 0.0434. The normalized spacial score (nSPS) is 10.7. The largest absolute Gasteiger partial charge is 0.384 e. The number of hydrogen-bond acceptors (Lipinski definition) is 5. The van der Waals surface area contributed by atoms with E-state index >= 15 is 0 Å². The monoisotopic (exact) mass is 278 g/mol. The van der Waals surface area contributed by atoms with E-state index < -0.39 is 0 Å². The van der Waals surface area contributed by atoms with Gasteiger partial charge in [0.1, 0.15) is 11.7 Å². The molecule has 2 aromatic heterocycles. The lowest BCUT2D eigenvalue weighted by molar-refractivity contribution is 0.723. The number of nitrogens with two attached hydrogens (primary N) is 1. The maximum Gasteiger partial charge on any atom is 0.137 e. The van der Waals surface area contributed by atoms with Gasteiger partial charge in [-0.2, -0.15) is 5.10 Å². The molecule has 7 heteroatoms. The zero-order chi connectivity index (χ0) is 14.2. The van der Waals surface area contributed by atoms with Gasteiger partial charge in [0.15, 0.2) is 0 Å². The molecule has 0 bridgehead atoms. The van der Waals surface area contributed by atoms with E-state index in [1.165, 1.54) is 0 Å². The standard InChI is InChI=1S/C12H18N6S/c1-7-10(11(13)14)12(18(4)16-7)17(3)5-9-6-19-8(2)15-9/h6H,5H2,1-4H3,(H3,13,14). The fraction of sp³-hybridized carbons (Fsp3) is 0.417. The molecule has 0 spiro atoms. The van der Waals surface area contributed by atoms with Crippen LogP contribution in [-0.4, -0.2) is 27.6 Å². The minimum absolute atomic E-state index is 0.0434. The zero-order valence-electron chi connectivity index (χ0n) is 11.6. The summed E-state index contributed by atoms with van der Waals surface area (Å²) >= 11 is 1.63. The summed E-state index contributed by atoms with van der Waals surface area (Å²) in [5, 5.41) is 15.1. The molecule has 0 saturated carbocycles. The molecular weight excluding hydrogens is 260 g/mol. The fourth-order valence-corrected chi connectivity index (χ4v) is 2.80. The van der Waals surface area contributed by atoms with E-state index in [2.05, 4.69) is 10.1 Å². The highest BCUT2D eigenvalue weighted by molar-refractivity contribution is 7.09. The maximum absolute atomic E-state index is 7.69. The first-order valence-corrected chi connectivity index (χ1v) is 6.78. The van der Waals surface area contributed by atoms with Crippen molar-refractivity contribution in [3.63, 3.8) is 0 Å². The Morgan fingerprint density at radius 3 is 2.74 bits per heavy atom. The van der Waals surface area contributed by atoms with E-state index in [0.29, 0.717) is 12.1 Å². The van der Waals surface area contributed by atoms with Crippen LogP contribution in [0.1, 0.15) is 22.0 Å². The smallest absolute Gasteiger partial charge is 0.137 e. The minimum Gasteiger partial charge on any atom is -0.384 e. The van der Waals surface area contributed by atoms with Gasteiger partial charge >= 0.3 is 0 Å². The van der Waals surface area contributed by atoms with Crippen LogP contribution < -0.4 is 10.6 Å². The van der Waals surface area contributed by atoms with E-state index in [0.717, 1.165) is 22.2 Å². The van der Waals surface area contributed by atoms with Crippen molar-refractivity contribution in [1.82, 2.24) is 14.8 Å². The van der Waals surface area contributed by atoms with E-state index in [4.69, 9.17) is 11.1 Å². The molecule has 2 heterocycles. The summed E-state index contributed by atoms with van der Waals surface area (Å²) in [6.45, 7) is 4.52. The van der Waals surface area contributed by atoms with Crippen molar-refractivity contribution in [3.05, 3.63) is 27.3 Å². The Balaban J connectivity index is 2.33. The van der Waals surface area contributed by atoms with Crippen LogP contribution in [0.4, 0.5) is 5.82 Å². The van der Waals surface area contributed by atoms with Crippen LogP contribution >= 0.6 is 11.3 Å². The number of aryl methyl sites for hydroxylation is 3. The van der Waals surface area contributed by atoms with Crippen LogP contribution in [0, 0.1) is 19.3 Å². The molecule has 0 fully saturated rings. The second kappa shape index (κ2) is 5.00. The van der Waals surface area contributed by atoms with Gasteiger partial charge in [-0.3, -0.25) is 10.1 Å². The third-order valence-corrected chi connectivity index (χ3v) is 3.71. The average Bonchev–Trinajstić information content (AvgIpc) is 2.82. The lowest BCUT2D eigenvalue weighted by Gasteiger charge is -2.19. The van der Waals surface area contributed by atoms with Crippen LogP contribution in [0.2, 0.25) is 0 Å². The molecule has 0 atom stereocenters. The molecule has 0 amide bonds. The number of amidine groups is 1. The molecule has 0 aromatic carbocycles. The quantitative estimate of drug-likeness (QED) is 0.654. The number of hydrogen-bond donors (Lipinski definition) is 2. The third kappa shape index (κ3) is 2.60. The van der Waals surface area contributed by atoms with E-state index in [1.54, 1.807) is 16.0 Å².